The molecule has 7 nitrogen and oxygen atoms in total. The van der Waals surface area contributed by atoms with Crippen molar-refractivity contribution in [2.75, 3.05) is 13.7 Å². The first-order valence-corrected chi connectivity index (χ1v) is 9.55. The number of methoxy groups -OCH3 is 1. The lowest BCUT2D eigenvalue weighted by Gasteiger charge is -2.36. The number of carbonyl (C=O) groups excluding carboxylic acids is 2. The van der Waals surface area contributed by atoms with Crippen molar-refractivity contribution in [1.29, 1.82) is 0 Å². The molecule has 3 rings (SSSR count). The average molecular weight is 376 g/mol. The first kappa shape index (κ1) is 19.6. The van der Waals surface area contributed by atoms with Crippen LogP contribution in [0.1, 0.15) is 37.7 Å². The topological polar surface area (TPSA) is 96.9 Å². The molecule has 1 saturated carbocycles. The fourth-order valence-corrected chi connectivity index (χ4v) is 3.36. The van der Waals surface area contributed by atoms with Crippen LogP contribution in [0.25, 0.3) is 0 Å². The minimum atomic E-state index is -0.461. The number of nitrogens with one attached hydrogen (secondary N) is 2. The van der Waals surface area contributed by atoms with Crippen LogP contribution >= 0.6 is 0 Å². The highest BCUT2D eigenvalue weighted by atomic mass is 16.5. The van der Waals surface area contributed by atoms with E-state index in [4.69, 9.17) is 9.47 Å². The van der Waals surface area contributed by atoms with Crippen LogP contribution in [0.5, 0.6) is 5.75 Å². The smallest absolute Gasteiger partial charge is 0.223 e. The Kier molecular flexibility index (Phi) is 6.68. The predicted molar refractivity (Wildman–Crippen MR) is 99.1 cm³/mol. The van der Waals surface area contributed by atoms with E-state index in [1.54, 1.807) is 7.11 Å². The van der Waals surface area contributed by atoms with Crippen molar-refractivity contribution in [3.63, 3.8) is 0 Å². The van der Waals surface area contributed by atoms with E-state index in [1.165, 1.54) is 0 Å². The molecular weight excluding hydrogens is 348 g/mol. The molecule has 0 radical (unpaired) electrons. The van der Waals surface area contributed by atoms with Crippen molar-refractivity contribution >= 4 is 11.8 Å². The Morgan fingerprint density at radius 3 is 2.78 bits per heavy atom. The number of aliphatic hydroxyl groups is 1. The van der Waals surface area contributed by atoms with E-state index in [9.17, 15) is 14.7 Å². The van der Waals surface area contributed by atoms with E-state index in [0.717, 1.165) is 24.2 Å². The quantitative estimate of drug-likeness (QED) is 0.632. The van der Waals surface area contributed by atoms with Crippen LogP contribution in [-0.4, -0.2) is 48.9 Å². The molecule has 0 aromatic heterocycles. The Morgan fingerprint density at radius 2 is 2.07 bits per heavy atom. The molecule has 0 unspecified atom stereocenters. The van der Waals surface area contributed by atoms with E-state index >= 15 is 0 Å². The van der Waals surface area contributed by atoms with Gasteiger partial charge in [-0.2, -0.15) is 0 Å². The third kappa shape index (κ3) is 5.68. The molecule has 3 N–H and O–H groups in total. The van der Waals surface area contributed by atoms with Gasteiger partial charge in [0.1, 0.15) is 11.9 Å². The Bertz CT molecular complexity index is 662. The number of ether oxygens (including phenoxy) is 2. The minimum Gasteiger partial charge on any atom is -0.497 e. The number of carbonyl (C=O) groups is 2. The number of rotatable bonds is 8. The lowest BCUT2D eigenvalue weighted by Crippen LogP contribution is -2.51. The SMILES string of the molecule is COc1cccc(CNC(=O)C[C@@H]2CC[C@@H](NC(=O)C3CC3)[C@H](CO)O2)c1. The first-order valence-electron chi connectivity index (χ1n) is 9.55. The van der Waals surface area contributed by atoms with Crippen molar-refractivity contribution in [3.8, 4) is 5.75 Å². The predicted octanol–water partition coefficient (Wildman–Crippen LogP) is 1.14. The van der Waals surface area contributed by atoms with Crippen LogP contribution in [0.4, 0.5) is 0 Å². The lowest BCUT2D eigenvalue weighted by molar-refractivity contribution is -0.136. The van der Waals surface area contributed by atoms with Crippen molar-refractivity contribution < 1.29 is 24.2 Å². The molecule has 1 aromatic rings. The first-order chi connectivity index (χ1) is 13.1. The maximum atomic E-state index is 12.2. The van der Waals surface area contributed by atoms with Gasteiger partial charge >= 0.3 is 0 Å². The number of hydrogen-bond acceptors (Lipinski definition) is 5. The molecule has 0 spiro atoms. The van der Waals surface area contributed by atoms with E-state index in [1.807, 2.05) is 24.3 Å². The number of hydrogen-bond donors (Lipinski definition) is 3. The van der Waals surface area contributed by atoms with Crippen LogP contribution in [-0.2, 0) is 20.9 Å². The minimum absolute atomic E-state index is 0.0523. The normalized spacial score (nSPS) is 24.9. The maximum Gasteiger partial charge on any atom is 0.223 e. The van der Waals surface area contributed by atoms with Gasteiger partial charge in [-0.1, -0.05) is 12.1 Å². The molecule has 7 heteroatoms. The second-order valence-electron chi connectivity index (χ2n) is 7.28. The zero-order valence-electron chi connectivity index (χ0n) is 15.6. The molecule has 1 aliphatic carbocycles. The fourth-order valence-electron chi connectivity index (χ4n) is 3.36. The van der Waals surface area contributed by atoms with Crippen LogP contribution in [0.3, 0.4) is 0 Å². The number of aliphatic hydroxyl groups excluding tert-OH is 1. The van der Waals surface area contributed by atoms with E-state index < -0.39 is 6.10 Å². The van der Waals surface area contributed by atoms with Gasteiger partial charge in [-0.05, 0) is 43.4 Å². The number of amides is 2. The second kappa shape index (κ2) is 9.19. The summed E-state index contributed by atoms with van der Waals surface area (Å²) in [7, 11) is 1.61. The van der Waals surface area contributed by atoms with E-state index in [0.29, 0.717) is 19.4 Å². The summed E-state index contributed by atoms with van der Waals surface area (Å²) in [5, 5.41) is 15.5. The zero-order chi connectivity index (χ0) is 19.2. The van der Waals surface area contributed by atoms with Crippen molar-refractivity contribution in [2.45, 2.75) is 56.9 Å². The van der Waals surface area contributed by atoms with Gasteiger partial charge in [-0.3, -0.25) is 9.59 Å². The highest BCUT2D eigenvalue weighted by Gasteiger charge is 2.36. The molecule has 1 aromatic carbocycles. The van der Waals surface area contributed by atoms with E-state index in [-0.39, 0.29) is 42.9 Å². The number of benzene rings is 1. The van der Waals surface area contributed by atoms with Crippen LogP contribution in [0.2, 0.25) is 0 Å². The van der Waals surface area contributed by atoms with Gasteiger partial charge in [0.25, 0.3) is 0 Å². The molecule has 0 bridgehead atoms. The Morgan fingerprint density at radius 1 is 1.26 bits per heavy atom. The summed E-state index contributed by atoms with van der Waals surface area (Å²) >= 11 is 0. The van der Waals surface area contributed by atoms with Gasteiger partial charge in [0.15, 0.2) is 0 Å². The standard InChI is InChI=1S/C20H28N2O5/c1-26-15-4-2-3-13(9-15)11-21-19(24)10-16-7-8-17(18(12-23)27-16)22-20(25)14-5-6-14/h2-4,9,14,16-18,23H,5-8,10-12H2,1H3,(H,21,24)(H,22,25)/t16-,17+,18-/m0/s1. The average Bonchev–Trinajstić information content (AvgIpc) is 3.53. The molecule has 2 amide bonds. The molecule has 1 saturated heterocycles. The molecule has 148 valence electrons. The highest BCUT2D eigenvalue weighted by molar-refractivity contribution is 5.81. The molecular formula is C20H28N2O5. The summed E-state index contributed by atoms with van der Waals surface area (Å²) < 4.78 is 11.0. The van der Waals surface area contributed by atoms with Gasteiger partial charge in [0.2, 0.25) is 11.8 Å². The lowest BCUT2D eigenvalue weighted by atomic mass is 9.96. The third-order valence-corrected chi connectivity index (χ3v) is 5.11. The van der Waals surface area contributed by atoms with Crippen molar-refractivity contribution in [1.82, 2.24) is 10.6 Å². The molecule has 1 aliphatic heterocycles. The summed E-state index contributed by atoms with van der Waals surface area (Å²) in [4.78, 5) is 24.2. The van der Waals surface area contributed by atoms with Gasteiger partial charge in [-0.25, -0.2) is 0 Å². The van der Waals surface area contributed by atoms with E-state index in [2.05, 4.69) is 10.6 Å². The Balaban J connectivity index is 1.43. The third-order valence-electron chi connectivity index (χ3n) is 5.11. The van der Waals surface area contributed by atoms with Crippen LogP contribution < -0.4 is 15.4 Å². The largest absolute Gasteiger partial charge is 0.497 e. The summed E-state index contributed by atoms with van der Waals surface area (Å²) in [6.07, 6.45) is 2.80. The van der Waals surface area contributed by atoms with Gasteiger partial charge in [-0.15, -0.1) is 0 Å². The summed E-state index contributed by atoms with van der Waals surface area (Å²) in [6.45, 7) is 0.254. The summed E-state index contributed by atoms with van der Waals surface area (Å²) in [5.41, 5.74) is 0.961. The molecule has 27 heavy (non-hydrogen) atoms. The summed E-state index contributed by atoms with van der Waals surface area (Å²) in [5.74, 6) is 0.836. The van der Waals surface area contributed by atoms with Gasteiger partial charge < -0.3 is 25.2 Å². The zero-order valence-corrected chi connectivity index (χ0v) is 15.6. The maximum absolute atomic E-state index is 12.2. The Labute approximate surface area is 159 Å². The van der Waals surface area contributed by atoms with Crippen molar-refractivity contribution in [3.05, 3.63) is 29.8 Å². The van der Waals surface area contributed by atoms with Gasteiger partial charge in [0, 0.05) is 12.5 Å². The monoisotopic (exact) mass is 376 g/mol. The molecule has 1 heterocycles. The molecule has 3 atom stereocenters. The van der Waals surface area contributed by atoms with Crippen LogP contribution in [0, 0.1) is 5.92 Å². The molecule has 2 fully saturated rings. The Hall–Kier alpha value is -2.12. The second-order valence-corrected chi connectivity index (χ2v) is 7.28. The van der Waals surface area contributed by atoms with Crippen LogP contribution in [0.15, 0.2) is 24.3 Å². The summed E-state index contributed by atoms with van der Waals surface area (Å²) in [6, 6.07) is 7.36. The molecule has 2 aliphatic rings. The fraction of sp³-hybridized carbons (Fsp3) is 0.600. The highest BCUT2D eigenvalue weighted by Crippen LogP contribution is 2.30. The van der Waals surface area contributed by atoms with Gasteiger partial charge in [0.05, 0.1) is 32.3 Å². The van der Waals surface area contributed by atoms with Crippen molar-refractivity contribution in [2.24, 2.45) is 5.92 Å².